The molecule has 0 aliphatic rings. The Kier molecular flexibility index (Phi) is 49.6. The summed E-state index contributed by atoms with van der Waals surface area (Å²) in [5.74, 6) is -0.613. The normalized spacial score (nSPS) is 13.3. The van der Waals surface area contributed by atoms with E-state index in [0.29, 0.717) is 12.8 Å². The van der Waals surface area contributed by atoms with Gasteiger partial charge in [0, 0.05) is 12.8 Å². The van der Waals surface area contributed by atoms with E-state index in [1.807, 2.05) is 0 Å². The third-order valence-electron chi connectivity index (χ3n) is 10.5. The Morgan fingerprint density at radius 1 is 0.381 bits per heavy atom. The minimum absolute atomic E-state index is 0.0762. The molecule has 0 aliphatic heterocycles. The molecule has 0 bridgehead atoms. The number of ether oxygens (including phenoxy) is 2. The quantitative estimate of drug-likeness (QED) is 0.0375. The molecule has 0 aliphatic carbocycles. The van der Waals surface area contributed by atoms with E-state index >= 15 is 0 Å². The predicted molar refractivity (Wildman–Crippen MR) is 274 cm³/mol. The molecule has 1 unspecified atom stereocenters. The molecular weight excluding hydrogens is 777 g/mol. The third-order valence-corrected chi connectivity index (χ3v) is 10.5. The summed E-state index contributed by atoms with van der Waals surface area (Å²) in [6.07, 6.45) is 77.2. The van der Waals surface area contributed by atoms with Crippen LogP contribution in [0.3, 0.4) is 0 Å². The highest BCUT2D eigenvalue weighted by atomic mass is 16.6. The van der Waals surface area contributed by atoms with Crippen molar-refractivity contribution in [3.63, 3.8) is 0 Å². The number of allylic oxidation sites excluding steroid dienone is 20. The van der Waals surface area contributed by atoms with Gasteiger partial charge in [0.15, 0.2) is 6.10 Å². The van der Waals surface area contributed by atoms with Crippen LogP contribution >= 0.6 is 0 Å². The highest BCUT2D eigenvalue weighted by Gasteiger charge is 2.16. The first-order valence-corrected chi connectivity index (χ1v) is 25.6. The molecule has 356 valence electrons. The van der Waals surface area contributed by atoms with E-state index < -0.39 is 6.10 Å². The number of aliphatic hydroxyl groups is 1. The van der Waals surface area contributed by atoms with Crippen LogP contribution in [-0.4, -0.2) is 36.4 Å². The van der Waals surface area contributed by atoms with Crippen molar-refractivity contribution >= 4 is 11.9 Å². The summed E-state index contributed by atoms with van der Waals surface area (Å²) in [4.78, 5) is 24.3. The van der Waals surface area contributed by atoms with Gasteiger partial charge in [-0.15, -0.1) is 0 Å². The van der Waals surface area contributed by atoms with Crippen molar-refractivity contribution < 1.29 is 24.2 Å². The maximum Gasteiger partial charge on any atom is 0.306 e. The molecule has 1 N–H and O–H groups in total. The van der Waals surface area contributed by atoms with Gasteiger partial charge in [0.25, 0.3) is 0 Å². The van der Waals surface area contributed by atoms with Gasteiger partial charge in [-0.2, -0.15) is 0 Å². The molecule has 0 radical (unpaired) electrons. The second-order valence-corrected chi connectivity index (χ2v) is 16.5. The molecule has 5 nitrogen and oxygen atoms in total. The summed E-state index contributed by atoms with van der Waals surface area (Å²) in [7, 11) is 0. The van der Waals surface area contributed by atoms with Gasteiger partial charge in [-0.3, -0.25) is 9.59 Å². The van der Waals surface area contributed by atoms with Crippen LogP contribution in [0.2, 0.25) is 0 Å². The molecule has 0 spiro atoms. The van der Waals surface area contributed by atoms with Gasteiger partial charge in [-0.05, 0) is 89.9 Å². The van der Waals surface area contributed by atoms with E-state index in [-0.39, 0.29) is 25.2 Å². The zero-order valence-corrected chi connectivity index (χ0v) is 40.5. The van der Waals surface area contributed by atoms with Crippen molar-refractivity contribution in [1.29, 1.82) is 0 Å². The van der Waals surface area contributed by atoms with Gasteiger partial charge in [-0.1, -0.05) is 232 Å². The van der Waals surface area contributed by atoms with Gasteiger partial charge in [-0.25, -0.2) is 0 Å². The van der Waals surface area contributed by atoms with Gasteiger partial charge in [0.2, 0.25) is 0 Å². The molecule has 0 aromatic heterocycles. The first-order valence-electron chi connectivity index (χ1n) is 25.6. The zero-order valence-electron chi connectivity index (χ0n) is 40.5. The number of esters is 2. The summed E-state index contributed by atoms with van der Waals surface area (Å²) < 4.78 is 10.6. The minimum atomic E-state index is -0.785. The predicted octanol–water partition coefficient (Wildman–Crippen LogP) is 17.1. The lowest BCUT2D eigenvalue weighted by Crippen LogP contribution is -2.28. The summed E-state index contributed by atoms with van der Waals surface area (Å²) in [6, 6.07) is 0. The zero-order chi connectivity index (χ0) is 45.6. The number of carbonyl (C=O) groups excluding carboxylic acids is 2. The van der Waals surface area contributed by atoms with Gasteiger partial charge in [0.05, 0.1) is 6.61 Å². The number of carbonyl (C=O) groups is 2. The monoisotopic (exact) mass is 871 g/mol. The maximum absolute atomic E-state index is 12.2. The van der Waals surface area contributed by atoms with Crippen molar-refractivity contribution in [3.8, 4) is 0 Å². The van der Waals surface area contributed by atoms with E-state index in [0.717, 1.165) is 109 Å². The SMILES string of the molecule is CC/C=C\C/C=C\C/C=C\C/C=C\C/C=C\C/C=C\C/C=C\C/C=C\C/C=C\C/C=C\CCCCCCCCC(=O)OC(CO)COC(=O)CCCCCCCCCCCCCC. The van der Waals surface area contributed by atoms with Crippen LogP contribution < -0.4 is 0 Å². The molecule has 0 saturated heterocycles. The largest absolute Gasteiger partial charge is 0.462 e. The number of hydrogen-bond donors (Lipinski definition) is 1. The number of aliphatic hydroxyl groups excluding tert-OH is 1. The Bertz CT molecular complexity index is 1310. The number of unbranched alkanes of at least 4 members (excludes halogenated alkanes) is 17. The molecule has 0 aromatic carbocycles. The standard InChI is InChI=1S/C58H94O5/c1-3-5-7-9-11-13-15-17-18-19-20-21-22-23-24-25-26-27-28-29-30-31-32-33-34-35-36-37-38-39-40-41-43-45-47-49-51-53-58(61)63-56(54-59)55-62-57(60)52-50-48-46-44-42-16-14-12-10-8-6-4-2/h5,7,11,13,17-18,20-21,23-24,26-27,29-30,32-33,35-36,38-39,56,59H,3-4,6,8-10,12,14-16,19,22,25,28,31,34,37,40-55H2,1-2H3/b7-5-,13-11-,18-17-,21-20-,24-23-,27-26-,30-29-,33-32-,36-35-,39-38-. The van der Waals surface area contributed by atoms with Crippen LogP contribution in [0.1, 0.15) is 213 Å². The number of hydrogen-bond acceptors (Lipinski definition) is 5. The molecule has 0 rings (SSSR count). The molecule has 63 heavy (non-hydrogen) atoms. The molecule has 5 heteroatoms. The van der Waals surface area contributed by atoms with E-state index in [4.69, 9.17) is 9.47 Å². The van der Waals surface area contributed by atoms with Gasteiger partial charge < -0.3 is 14.6 Å². The molecule has 0 amide bonds. The molecule has 0 saturated carbocycles. The van der Waals surface area contributed by atoms with E-state index in [9.17, 15) is 14.7 Å². The lowest BCUT2D eigenvalue weighted by Gasteiger charge is -2.15. The van der Waals surface area contributed by atoms with E-state index in [1.165, 1.54) is 77.0 Å². The summed E-state index contributed by atoms with van der Waals surface area (Å²) in [5.41, 5.74) is 0. The molecule has 1 atom stereocenters. The van der Waals surface area contributed by atoms with Crippen LogP contribution in [0, 0.1) is 0 Å². The fraction of sp³-hybridized carbons (Fsp3) is 0.621. The molecule has 0 fully saturated rings. The molecule has 0 aromatic rings. The third kappa shape index (κ3) is 50.8. The Labute approximate surface area is 388 Å². The summed E-state index contributed by atoms with van der Waals surface area (Å²) in [5, 5.41) is 9.59. The Morgan fingerprint density at radius 3 is 1.03 bits per heavy atom. The Hall–Kier alpha value is -3.70. The fourth-order valence-corrected chi connectivity index (χ4v) is 6.70. The molecule has 0 heterocycles. The van der Waals surface area contributed by atoms with Crippen molar-refractivity contribution in [3.05, 3.63) is 122 Å². The van der Waals surface area contributed by atoms with Gasteiger partial charge >= 0.3 is 11.9 Å². The average Bonchev–Trinajstić information content (AvgIpc) is 3.29. The average molecular weight is 871 g/mol. The maximum atomic E-state index is 12.2. The van der Waals surface area contributed by atoms with Crippen molar-refractivity contribution in [1.82, 2.24) is 0 Å². The lowest BCUT2D eigenvalue weighted by atomic mass is 10.0. The Balaban J connectivity index is 3.64. The molecular formula is C58H94O5. The highest BCUT2D eigenvalue weighted by molar-refractivity contribution is 5.70. The summed E-state index contributed by atoms with van der Waals surface area (Å²) in [6.45, 7) is 4.00. The van der Waals surface area contributed by atoms with Crippen molar-refractivity contribution in [2.45, 2.75) is 219 Å². The van der Waals surface area contributed by atoms with Crippen LogP contribution in [-0.2, 0) is 19.1 Å². The first-order chi connectivity index (χ1) is 31.1. The topological polar surface area (TPSA) is 72.8 Å². The van der Waals surface area contributed by atoms with Crippen LogP contribution in [0.4, 0.5) is 0 Å². The second kappa shape index (κ2) is 52.6. The van der Waals surface area contributed by atoms with Crippen molar-refractivity contribution in [2.24, 2.45) is 0 Å². The Morgan fingerprint density at radius 2 is 0.683 bits per heavy atom. The minimum Gasteiger partial charge on any atom is -0.462 e. The second-order valence-electron chi connectivity index (χ2n) is 16.5. The van der Waals surface area contributed by atoms with Gasteiger partial charge in [0.1, 0.15) is 6.61 Å². The highest BCUT2D eigenvalue weighted by Crippen LogP contribution is 2.14. The van der Waals surface area contributed by atoms with Crippen LogP contribution in [0.15, 0.2) is 122 Å². The number of rotatable bonds is 45. The summed E-state index contributed by atoms with van der Waals surface area (Å²) >= 11 is 0. The fourth-order valence-electron chi connectivity index (χ4n) is 6.70. The van der Waals surface area contributed by atoms with E-state index in [2.05, 4.69) is 135 Å². The van der Waals surface area contributed by atoms with Crippen molar-refractivity contribution in [2.75, 3.05) is 13.2 Å². The van der Waals surface area contributed by atoms with Crippen LogP contribution in [0.25, 0.3) is 0 Å². The first kappa shape index (κ1) is 59.3. The van der Waals surface area contributed by atoms with Crippen LogP contribution in [0.5, 0.6) is 0 Å². The van der Waals surface area contributed by atoms with E-state index in [1.54, 1.807) is 0 Å². The smallest absolute Gasteiger partial charge is 0.306 e. The lowest BCUT2D eigenvalue weighted by molar-refractivity contribution is -0.161.